The van der Waals surface area contributed by atoms with Crippen LogP contribution in [0.15, 0.2) is 6.20 Å². The van der Waals surface area contributed by atoms with Crippen molar-refractivity contribution < 1.29 is 14.3 Å². The molecular formula is C18H27N5O3. The van der Waals surface area contributed by atoms with Crippen molar-refractivity contribution in [3.05, 3.63) is 11.9 Å². The van der Waals surface area contributed by atoms with E-state index in [4.69, 9.17) is 4.74 Å². The molecule has 0 spiro atoms. The van der Waals surface area contributed by atoms with Gasteiger partial charge in [0.2, 0.25) is 5.91 Å². The number of rotatable bonds is 4. The largest absolute Gasteiger partial charge is 0.376 e. The highest BCUT2D eigenvalue weighted by atomic mass is 16.5. The lowest BCUT2D eigenvalue weighted by molar-refractivity contribution is -0.138. The zero-order chi connectivity index (χ0) is 17.9. The van der Waals surface area contributed by atoms with E-state index >= 15 is 0 Å². The van der Waals surface area contributed by atoms with Crippen LogP contribution in [0.3, 0.4) is 0 Å². The van der Waals surface area contributed by atoms with Gasteiger partial charge >= 0.3 is 0 Å². The minimum absolute atomic E-state index is 0.0586. The molecule has 1 aromatic rings. The van der Waals surface area contributed by atoms with Crippen molar-refractivity contribution in [3.63, 3.8) is 0 Å². The van der Waals surface area contributed by atoms with Gasteiger partial charge in [-0.3, -0.25) is 9.59 Å². The van der Waals surface area contributed by atoms with Crippen molar-refractivity contribution in [1.29, 1.82) is 0 Å². The molecule has 1 saturated carbocycles. The number of aromatic nitrogens is 3. The van der Waals surface area contributed by atoms with Gasteiger partial charge in [0.25, 0.3) is 5.91 Å². The molecule has 26 heavy (non-hydrogen) atoms. The molecule has 1 aromatic heterocycles. The topological polar surface area (TPSA) is 80.6 Å². The van der Waals surface area contributed by atoms with Crippen molar-refractivity contribution in [2.24, 2.45) is 0 Å². The number of carbonyl (C=O) groups excluding carboxylic acids is 2. The van der Waals surface area contributed by atoms with Crippen LogP contribution in [0.25, 0.3) is 0 Å². The lowest BCUT2D eigenvalue weighted by Crippen LogP contribution is -2.55. The van der Waals surface area contributed by atoms with Gasteiger partial charge in [0.05, 0.1) is 18.8 Å². The second kappa shape index (κ2) is 7.73. The Balaban J connectivity index is 1.34. The van der Waals surface area contributed by atoms with Crippen molar-refractivity contribution in [1.82, 2.24) is 24.8 Å². The molecule has 0 bridgehead atoms. The maximum atomic E-state index is 12.7. The fourth-order valence-corrected chi connectivity index (χ4v) is 4.28. The summed E-state index contributed by atoms with van der Waals surface area (Å²) in [5, 5.41) is 8.06. The number of nitrogens with zero attached hydrogens (tertiary/aromatic N) is 5. The van der Waals surface area contributed by atoms with E-state index in [1.807, 2.05) is 4.90 Å². The summed E-state index contributed by atoms with van der Waals surface area (Å²) < 4.78 is 7.26. The maximum Gasteiger partial charge on any atom is 0.276 e. The fraction of sp³-hybridized carbons (Fsp3) is 0.778. The van der Waals surface area contributed by atoms with E-state index < -0.39 is 0 Å². The summed E-state index contributed by atoms with van der Waals surface area (Å²) in [6, 6.07) is 0.362. The molecule has 1 unspecified atom stereocenters. The molecule has 0 aromatic carbocycles. The number of hydrogen-bond acceptors (Lipinski definition) is 5. The van der Waals surface area contributed by atoms with E-state index in [1.165, 1.54) is 19.3 Å². The molecule has 4 rings (SSSR count). The van der Waals surface area contributed by atoms with Crippen LogP contribution < -0.4 is 0 Å². The summed E-state index contributed by atoms with van der Waals surface area (Å²) in [7, 11) is 0. The van der Waals surface area contributed by atoms with Crippen LogP contribution >= 0.6 is 0 Å². The van der Waals surface area contributed by atoms with Gasteiger partial charge in [-0.25, -0.2) is 4.68 Å². The predicted octanol–water partition coefficient (Wildman–Crippen LogP) is 1.07. The SMILES string of the molecule is O=C(c1cn(CC2CCCO2)nn1)N1CCN(C2CCCCC2)C(=O)C1. The van der Waals surface area contributed by atoms with Crippen LogP contribution in [-0.4, -0.2) is 75.0 Å². The average molecular weight is 361 g/mol. The third-order valence-electron chi connectivity index (χ3n) is 5.73. The van der Waals surface area contributed by atoms with Crippen LogP contribution in [0.1, 0.15) is 55.4 Å². The summed E-state index contributed by atoms with van der Waals surface area (Å²) in [4.78, 5) is 28.8. The van der Waals surface area contributed by atoms with Gasteiger partial charge < -0.3 is 14.5 Å². The summed E-state index contributed by atoms with van der Waals surface area (Å²) in [6.07, 6.45) is 9.76. The highest BCUT2D eigenvalue weighted by Gasteiger charge is 2.33. The average Bonchev–Trinajstić information content (AvgIpc) is 3.34. The van der Waals surface area contributed by atoms with Crippen molar-refractivity contribution in [2.75, 3.05) is 26.2 Å². The molecule has 1 aliphatic carbocycles. The van der Waals surface area contributed by atoms with Crippen LogP contribution in [0, 0.1) is 0 Å². The van der Waals surface area contributed by atoms with E-state index in [9.17, 15) is 9.59 Å². The van der Waals surface area contributed by atoms with Crippen molar-refractivity contribution in [3.8, 4) is 0 Å². The summed E-state index contributed by atoms with van der Waals surface area (Å²) >= 11 is 0. The Morgan fingerprint density at radius 3 is 2.73 bits per heavy atom. The number of amides is 2. The minimum Gasteiger partial charge on any atom is -0.376 e. The number of piperazine rings is 1. The molecule has 2 saturated heterocycles. The Labute approximate surface area is 153 Å². The van der Waals surface area contributed by atoms with Crippen LogP contribution in [-0.2, 0) is 16.1 Å². The first-order chi connectivity index (χ1) is 12.7. The molecule has 8 heteroatoms. The van der Waals surface area contributed by atoms with Gasteiger partial charge in [-0.05, 0) is 25.7 Å². The molecule has 0 N–H and O–H groups in total. The Kier molecular flexibility index (Phi) is 5.19. The summed E-state index contributed by atoms with van der Waals surface area (Å²) in [6.45, 7) is 2.75. The van der Waals surface area contributed by atoms with E-state index in [-0.39, 0.29) is 24.5 Å². The summed E-state index contributed by atoms with van der Waals surface area (Å²) in [5.74, 6) is -0.150. The third-order valence-corrected chi connectivity index (χ3v) is 5.73. The quantitative estimate of drug-likeness (QED) is 0.801. The lowest BCUT2D eigenvalue weighted by atomic mass is 9.93. The smallest absolute Gasteiger partial charge is 0.276 e. The van der Waals surface area contributed by atoms with E-state index in [1.54, 1.807) is 15.8 Å². The molecule has 3 heterocycles. The second-order valence-corrected chi connectivity index (χ2v) is 7.57. The number of carbonyl (C=O) groups is 2. The molecule has 1 atom stereocenters. The van der Waals surface area contributed by atoms with Gasteiger partial charge in [-0.1, -0.05) is 24.5 Å². The zero-order valence-corrected chi connectivity index (χ0v) is 15.2. The molecule has 0 radical (unpaired) electrons. The number of ether oxygens (including phenoxy) is 1. The van der Waals surface area contributed by atoms with Gasteiger partial charge in [0, 0.05) is 25.7 Å². The van der Waals surface area contributed by atoms with Crippen LogP contribution in [0.2, 0.25) is 0 Å². The third kappa shape index (κ3) is 3.75. The monoisotopic (exact) mass is 361 g/mol. The zero-order valence-electron chi connectivity index (χ0n) is 15.2. The Hall–Kier alpha value is -1.96. The van der Waals surface area contributed by atoms with Gasteiger partial charge in [0.1, 0.15) is 6.54 Å². The standard InChI is InChI=1S/C18H27N5O3/c24-17-13-21(8-9-23(17)14-5-2-1-3-6-14)18(25)16-12-22(20-19-16)11-15-7-4-10-26-15/h12,14-15H,1-11,13H2. The van der Waals surface area contributed by atoms with Crippen molar-refractivity contribution >= 4 is 11.8 Å². The minimum atomic E-state index is -0.208. The first kappa shape index (κ1) is 17.5. The first-order valence-corrected chi connectivity index (χ1v) is 9.81. The molecule has 8 nitrogen and oxygen atoms in total. The predicted molar refractivity (Wildman–Crippen MR) is 93.5 cm³/mol. The fourth-order valence-electron chi connectivity index (χ4n) is 4.28. The highest BCUT2D eigenvalue weighted by Crippen LogP contribution is 2.24. The molecule has 2 aliphatic heterocycles. The molecule has 3 fully saturated rings. The lowest BCUT2D eigenvalue weighted by Gasteiger charge is -2.40. The first-order valence-electron chi connectivity index (χ1n) is 9.81. The normalized spacial score (nSPS) is 25.1. The van der Waals surface area contributed by atoms with Gasteiger partial charge in [-0.2, -0.15) is 0 Å². The van der Waals surface area contributed by atoms with Gasteiger partial charge in [-0.15, -0.1) is 5.10 Å². The maximum absolute atomic E-state index is 12.7. The second-order valence-electron chi connectivity index (χ2n) is 7.57. The molecular weight excluding hydrogens is 334 g/mol. The van der Waals surface area contributed by atoms with E-state index in [0.717, 1.165) is 32.3 Å². The summed E-state index contributed by atoms with van der Waals surface area (Å²) in [5.41, 5.74) is 0.307. The van der Waals surface area contributed by atoms with E-state index in [0.29, 0.717) is 31.4 Å². The van der Waals surface area contributed by atoms with Crippen LogP contribution in [0.5, 0.6) is 0 Å². The highest BCUT2D eigenvalue weighted by molar-refractivity contribution is 5.95. The van der Waals surface area contributed by atoms with Crippen LogP contribution in [0.4, 0.5) is 0 Å². The van der Waals surface area contributed by atoms with Gasteiger partial charge in [0.15, 0.2) is 5.69 Å². The van der Waals surface area contributed by atoms with Crippen molar-refractivity contribution in [2.45, 2.75) is 63.6 Å². The Morgan fingerprint density at radius 2 is 2.00 bits per heavy atom. The molecule has 2 amide bonds. The molecule has 3 aliphatic rings. The Morgan fingerprint density at radius 1 is 1.15 bits per heavy atom. The Bertz CT molecular complexity index is 649. The van der Waals surface area contributed by atoms with E-state index in [2.05, 4.69) is 10.3 Å². The number of hydrogen-bond donors (Lipinski definition) is 0. The molecule has 142 valence electrons.